The molecule has 5 heteroatoms. The molecule has 0 spiro atoms. The third-order valence-electron chi connectivity index (χ3n) is 3.14. The van der Waals surface area contributed by atoms with Crippen molar-refractivity contribution in [3.8, 4) is 0 Å². The van der Waals surface area contributed by atoms with E-state index < -0.39 is 0 Å². The van der Waals surface area contributed by atoms with E-state index in [2.05, 4.69) is 10.4 Å². The topological polar surface area (TPSA) is 46.9 Å². The lowest BCUT2D eigenvalue weighted by atomic mass is 10.0. The highest BCUT2D eigenvalue weighted by atomic mass is 35.5. The van der Waals surface area contributed by atoms with Crippen LogP contribution in [0.3, 0.4) is 0 Å². The highest BCUT2D eigenvalue weighted by Gasteiger charge is 2.23. The fourth-order valence-corrected chi connectivity index (χ4v) is 2.52. The zero-order valence-electron chi connectivity index (χ0n) is 11.4. The van der Waals surface area contributed by atoms with Gasteiger partial charge in [0.1, 0.15) is 0 Å². The number of aromatic nitrogens is 2. The van der Waals surface area contributed by atoms with Gasteiger partial charge < -0.3 is 5.32 Å². The summed E-state index contributed by atoms with van der Waals surface area (Å²) in [5.74, 6) is 0.350. The van der Waals surface area contributed by atoms with Crippen LogP contribution in [0.25, 0.3) is 10.9 Å². The monoisotopic (exact) mass is 279 g/mol. The minimum atomic E-state index is -0.336. The summed E-state index contributed by atoms with van der Waals surface area (Å²) in [6, 6.07) is 7.70. The normalized spacial score (nSPS) is 11.8. The van der Waals surface area contributed by atoms with Crippen LogP contribution in [-0.4, -0.2) is 27.1 Å². The summed E-state index contributed by atoms with van der Waals surface area (Å²) in [5.41, 5.74) is 1.07. The van der Waals surface area contributed by atoms with Crippen LogP contribution < -0.4 is 5.32 Å². The summed E-state index contributed by atoms with van der Waals surface area (Å²) < 4.78 is 1.72. The van der Waals surface area contributed by atoms with Crippen LogP contribution in [0, 0.1) is 0 Å². The van der Waals surface area contributed by atoms with Crippen molar-refractivity contribution in [2.75, 3.05) is 5.88 Å². The molecule has 0 radical (unpaired) electrons. The number of halogens is 1. The predicted octanol–water partition coefficient (Wildman–Crippen LogP) is 2.71. The van der Waals surface area contributed by atoms with Crippen LogP contribution in [0.1, 0.15) is 30.8 Å². The number of benzene rings is 1. The van der Waals surface area contributed by atoms with Crippen LogP contribution >= 0.6 is 11.6 Å². The molecule has 0 unspecified atom stereocenters. The van der Waals surface area contributed by atoms with Gasteiger partial charge in [0.05, 0.1) is 5.52 Å². The van der Waals surface area contributed by atoms with Gasteiger partial charge in [-0.2, -0.15) is 5.10 Å². The fraction of sp³-hybridized carbons (Fsp3) is 0.429. The molecule has 19 heavy (non-hydrogen) atoms. The summed E-state index contributed by atoms with van der Waals surface area (Å²) in [7, 11) is 1.84. The van der Waals surface area contributed by atoms with E-state index in [0.29, 0.717) is 18.0 Å². The highest BCUT2D eigenvalue weighted by Crippen LogP contribution is 2.18. The van der Waals surface area contributed by atoms with Gasteiger partial charge in [-0.05, 0) is 26.3 Å². The Labute approximate surface area is 117 Å². The first-order valence-electron chi connectivity index (χ1n) is 6.25. The van der Waals surface area contributed by atoms with Crippen molar-refractivity contribution in [1.82, 2.24) is 15.1 Å². The van der Waals surface area contributed by atoms with Crippen molar-refractivity contribution >= 4 is 28.4 Å². The van der Waals surface area contributed by atoms with E-state index in [4.69, 9.17) is 11.6 Å². The number of para-hydroxylation sites is 1. The lowest BCUT2D eigenvalue weighted by molar-refractivity contribution is 0.0907. The molecule has 0 atom stereocenters. The largest absolute Gasteiger partial charge is 0.346 e. The molecule has 2 aromatic rings. The Morgan fingerprint density at radius 3 is 2.79 bits per heavy atom. The van der Waals surface area contributed by atoms with E-state index in [1.807, 2.05) is 45.2 Å². The average molecular weight is 280 g/mol. The molecule has 0 aliphatic heterocycles. The number of amides is 1. The molecule has 0 saturated heterocycles. The fourth-order valence-electron chi connectivity index (χ4n) is 2.05. The van der Waals surface area contributed by atoms with E-state index >= 15 is 0 Å². The molecule has 0 aliphatic rings. The van der Waals surface area contributed by atoms with Crippen LogP contribution in [0.4, 0.5) is 0 Å². The third kappa shape index (κ3) is 2.89. The van der Waals surface area contributed by atoms with E-state index in [0.717, 1.165) is 10.9 Å². The first-order chi connectivity index (χ1) is 8.94. The first-order valence-corrected chi connectivity index (χ1v) is 6.78. The Morgan fingerprint density at radius 2 is 2.11 bits per heavy atom. The molecule has 102 valence electrons. The van der Waals surface area contributed by atoms with Gasteiger partial charge in [-0.3, -0.25) is 9.48 Å². The van der Waals surface area contributed by atoms with Gasteiger partial charge in [-0.25, -0.2) is 0 Å². The molecule has 0 aliphatic carbocycles. The van der Waals surface area contributed by atoms with Gasteiger partial charge in [0, 0.05) is 23.9 Å². The van der Waals surface area contributed by atoms with Crippen molar-refractivity contribution in [2.45, 2.75) is 25.8 Å². The number of hydrogen-bond acceptors (Lipinski definition) is 2. The molecule has 0 bridgehead atoms. The molecule has 0 fully saturated rings. The minimum Gasteiger partial charge on any atom is -0.346 e. The number of rotatable bonds is 4. The molecule has 1 amide bonds. The average Bonchev–Trinajstić information content (AvgIpc) is 2.67. The summed E-state index contributed by atoms with van der Waals surface area (Å²) in [4.78, 5) is 12.3. The summed E-state index contributed by atoms with van der Waals surface area (Å²) in [6.45, 7) is 3.91. The van der Waals surface area contributed by atoms with Gasteiger partial charge in [0.25, 0.3) is 5.91 Å². The van der Waals surface area contributed by atoms with Gasteiger partial charge in [-0.1, -0.05) is 18.2 Å². The zero-order chi connectivity index (χ0) is 14.0. The van der Waals surface area contributed by atoms with Crippen LogP contribution in [0.15, 0.2) is 24.3 Å². The molecule has 1 N–H and O–H groups in total. The summed E-state index contributed by atoms with van der Waals surface area (Å²) in [6.07, 6.45) is 0.713. The Balaban J connectivity index is 2.32. The molecule has 4 nitrogen and oxygen atoms in total. The number of carbonyl (C=O) groups excluding carboxylic acids is 1. The van der Waals surface area contributed by atoms with Gasteiger partial charge >= 0.3 is 0 Å². The number of nitrogens with zero attached hydrogens (tertiary/aromatic N) is 2. The summed E-state index contributed by atoms with van der Waals surface area (Å²) in [5, 5.41) is 8.15. The smallest absolute Gasteiger partial charge is 0.272 e. The number of nitrogens with one attached hydrogen (secondary N) is 1. The zero-order valence-corrected chi connectivity index (χ0v) is 12.2. The molecular weight excluding hydrogens is 262 g/mol. The van der Waals surface area contributed by atoms with E-state index in [-0.39, 0.29) is 11.4 Å². The lowest BCUT2D eigenvalue weighted by Crippen LogP contribution is -2.43. The van der Waals surface area contributed by atoms with Crippen LogP contribution in [0.5, 0.6) is 0 Å². The van der Waals surface area contributed by atoms with Crippen LogP contribution in [-0.2, 0) is 7.05 Å². The Bertz CT molecular complexity index is 604. The van der Waals surface area contributed by atoms with Crippen molar-refractivity contribution in [1.29, 1.82) is 0 Å². The Kier molecular flexibility index (Phi) is 3.80. The maximum Gasteiger partial charge on any atom is 0.272 e. The summed E-state index contributed by atoms with van der Waals surface area (Å²) >= 11 is 5.74. The van der Waals surface area contributed by atoms with Crippen LogP contribution in [0.2, 0.25) is 0 Å². The second-order valence-corrected chi connectivity index (χ2v) is 5.64. The van der Waals surface area contributed by atoms with Crippen molar-refractivity contribution in [3.05, 3.63) is 30.0 Å². The third-order valence-corrected chi connectivity index (χ3v) is 3.33. The molecule has 2 rings (SSSR count). The minimum absolute atomic E-state index is 0.160. The Morgan fingerprint density at radius 1 is 1.42 bits per heavy atom. The first kappa shape index (κ1) is 13.9. The van der Waals surface area contributed by atoms with Gasteiger partial charge in [0.15, 0.2) is 5.69 Å². The second-order valence-electron chi connectivity index (χ2n) is 5.27. The number of fused-ring (bicyclic) bond motifs is 1. The maximum atomic E-state index is 12.3. The number of alkyl halides is 1. The predicted molar refractivity (Wildman–Crippen MR) is 77.6 cm³/mol. The molecule has 1 heterocycles. The number of hydrogen-bond donors (Lipinski definition) is 1. The number of aryl methyl sites for hydroxylation is 1. The second kappa shape index (κ2) is 5.21. The van der Waals surface area contributed by atoms with E-state index in [1.54, 1.807) is 4.68 Å². The van der Waals surface area contributed by atoms with Crippen molar-refractivity contribution < 1.29 is 4.79 Å². The standard InChI is InChI=1S/C14H18ClN3O/c1-14(2,8-9-15)16-13(19)12-10-6-4-5-7-11(10)18(3)17-12/h4-7H,8-9H2,1-3H3,(H,16,19). The van der Waals surface area contributed by atoms with Crippen molar-refractivity contribution in [3.63, 3.8) is 0 Å². The van der Waals surface area contributed by atoms with Gasteiger partial charge in [-0.15, -0.1) is 11.6 Å². The quantitative estimate of drug-likeness (QED) is 0.875. The van der Waals surface area contributed by atoms with E-state index in [1.165, 1.54) is 0 Å². The Hall–Kier alpha value is -1.55. The number of carbonyl (C=O) groups is 1. The SMILES string of the molecule is Cn1nc(C(=O)NC(C)(C)CCCl)c2ccccc21. The van der Waals surface area contributed by atoms with E-state index in [9.17, 15) is 4.79 Å². The molecule has 1 aromatic heterocycles. The molecular formula is C14H18ClN3O. The van der Waals surface area contributed by atoms with Gasteiger partial charge in [0.2, 0.25) is 0 Å². The molecule has 0 saturated carbocycles. The molecule has 1 aromatic carbocycles. The highest BCUT2D eigenvalue weighted by molar-refractivity contribution is 6.17. The lowest BCUT2D eigenvalue weighted by Gasteiger charge is -2.24. The van der Waals surface area contributed by atoms with Crippen molar-refractivity contribution in [2.24, 2.45) is 7.05 Å². The maximum absolute atomic E-state index is 12.3.